The van der Waals surface area contributed by atoms with Gasteiger partial charge >= 0.3 is 0 Å². The molecule has 0 saturated carbocycles. The van der Waals surface area contributed by atoms with E-state index in [0.29, 0.717) is 6.04 Å². The fraction of sp³-hybridized carbons (Fsp3) is 0.231. The number of nitrogens with one attached hydrogen (secondary N) is 1. The highest BCUT2D eigenvalue weighted by molar-refractivity contribution is 14.1. The zero-order valence-corrected chi connectivity index (χ0v) is 14.0. The smallest absolute Gasteiger partial charge is 0.0377 e. The predicted molar refractivity (Wildman–Crippen MR) is 86.7 cm³/mol. The van der Waals surface area contributed by atoms with E-state index in [4.69, 9.17) is 0 Å². The van der Waals surface area contributed by atoms with Crippen molar-refractivity contribution in [1.82, 2.24) is 5.32 Å². The molecule has 1 N–H and O–H groups in total. The summed E-state index contributed by atoms with van der Waals surface area (Å²) in [4.78, 5) is 1.41. The number of rotatable bonds is 4. The Labute approximate surface area is 128 Å². The largest absolute Gasteiger partial charge is 0.313 e. The van der Waals surface area contributed by atoms with E-state index in [0.717, 1.165) is 6.42 Å². The summed E-state index contributed by atoms with van der Waals surface area (Å²) < 4.78 is 2.45. The van der Waals surface area contributed by atoms with Crippen LogP contribution in [0.2, 0.25) is 0 Å². The Morgan fingerprint density at radius 2 is 2.24 bits per heavy atom. The Morgan fingerprint density at radius 1 is 1.41 bits per heavy atom. The molecule has 0 radical (unpaired) electrons. The standard InChI is InChI=1S/C13H13BrINS/c1-16-13(8-10-3-2-6-17-10)11-7-9(15)4-5-12(11)14/h2-7,13,16H,8H2,1H3. The summed E-state index contributed by atoms with van der Waals surface area (Å²) in [5.41, 5.74) is 1.33. The fourth-order valence-electron chi connectivity index (χ4n) is 1.78. The van der Waals surface area contributed by atoms with Gasteiger partial charge in [0, 0.05) is 25.4 Å². The Hall–Kier alpha value is 0.0900. The van der Waals surface area contributed by atoms with Crippen LogP contribution in [0.1, 0.15) is 16.5 Å². The number of halogens is 2. The highest BCUT2D eigenvalue weighted by Gasteiger charge is 2.14. The van der Waals surface area contributed by atoms with Crippen molar-refractivity contribution >= 4 is 49.9 Å². The fourth-order valence-corrected chi connectivity index (χ4v) is 3.57. The van der Waals surface area contributed by atoms with Gasteiger partial charge in [-0.2, -0.15) is 0 Å². The van der Waals surface area contributed by atoms with E-state index in [2.05, 4.69) is 79.5 Å². The molecule has 0 spiro atoms. The van der Waals surface area contributed by atoms with Crippen molar-refractivity contribution in [1.29, 1.82) is 0 Å². The topological polar surface area (TPSA) is 12.0 Å². The molecule has 4 heteroatoms. The average Bonchev–Trinajstić information content (AvgIpc) is 2.82. The van der Waals surface area contributed by atoms with Gasteiger partial charge in [-0.1, -0.05) is 22.0 Å². The lowest BCUT2D eigenvalue weighted by molar-refractivity contribution is 0.594. The maximum Gasteiger partial charge on any atom is 0.0377 e. The average molecular weight is 422 g/mol. The van der Waals surface area contributed by atoms with Crippen LogP contribution in [0.15, 0.2) is 40.2 Å². The summed E-state index contributed by atoms with van der Waals surface area (Å²) in [5.74, 6) is 0. The van der Waals surface area contributed by atoms with Gasteiger partial charge in [-0.15, -0.1) is 11.3 Å². The lowest BCUT2D eigenvalue weighted by Crippen LogP contribution is -2.19. The lowest BCUT2D eigenvalue weighted by Gasteiger charge is -2.17. The molecule has 0 amide bonds. The molecule has 90 valence electrons. The molecule has 0 fully saturated rings. The first kappa shape index (κ1) is 13.5. The summed E-state index contributed by atoms with van der Waals surface area (Å²) in [7, 11) is 2.02. The van der Waals surface area contributed by atoms with Crippen molar-refractivity contribution in [3.05, 3.63) is 54.2 Å². The number of hydrogen-bond donors (Lipinski definition) is 1. The quantitative estimate of drug-likeness (QED) is 0.710. The molecule has 0 aliphatic rings. The molecule has 1 aromatic carbocycles. The van der Waals surface area contributed by atoms with E-state index >= 15 is 0 Å². The number of hydrogen-bond acceptors (Lipinski definition) is 2. The van der Waals surface area contributed by atoms with Gasteiger partial charge in [0.25, 0.3) is 0 Å². The molecule has 1 nitrogen and oxygen atoms in total. The van der Waals surface area contributed by atoms with Gasteiger partial charge in [0.05, 0.1) is 0 Å². The second kappa shape index (κ2) is 6.31. The van der Waals surface area contributed by atoms with Crippen LogP contribution in [0.5, 0.6) is 0 Å². The summed E-state index contributed by atoms with van der Waals surface area (Å²) >= 11 is 7.81. The molecule has 1 aromatic heterocycles. The van der Waals surface area contributed by atoms with Gasteiger partial charge in [-0.3, -0.25) is 0 Å². The van der Waals surface area contributed by atoms with Gasteiger partial charge in [0.2, 0.25) is 0 Å². The molecule has 2 aromatic rings. The molecule has 2 rings (SSSR count). The van der Waals surface area contributed by atoms with E-state index in [1.807, 2.05) is 18.4 Å². The van der Waals surface area contributed by atoms with Crippen LogP contribution in [0.3, 0.4) is 0 Å². The summed E-state index contributed by atoms with van der Waals surface area (Å²) in [5, 5.41) is 5.53. The zero-order valence-electron chi connectivity index (χ0n) is 9.41. The van der Waals surface area contributed by atoms with Gasteiger partial charge in [0.1, 0.15) is 0 Å². The molecule has 0 aliphatic carbocycles. The summed E-state index contributed by atoms with van der Waals surface area (Å²) in [6.45, 7) is 0. The third kappa shape index (κ3) is 3.53. The van der Waals surface area contributed by atoms with Crippen LogP contribution >= 0.6 is 49.9 Å². The van der Waals surface area contributed by atoms with Gasteiger partial charge < -0.3 is 5.32 Å². The molecule has 1 heterocycles. The molecule has 0 saturated heterocycles. The second-order valence-corrected chi connectivity index (χ2v) is 6.92. The Bertz CT molecular complexity index is 484. The first-order valence-electron chi connectivity index (χ1n) is 5.35. The summed E-state index contributed by atoms with van der Waals surface area (Å²) in [6.07, 6.45) is 1.03. The molecular weight excluding hydrogens is 409 g/mol. The maximum atomic E-state index is 3.64. The number of thiophene rings is 1. The Balaban J connectivity index is 2.25. The maximum absolute atomic E-state index is 3.64. The van der Waals surface area contributed by atoms with E-state index < -0.39 is 0 Å². The minimum atomic E-state index is 0.359. The van der Waals surface area contributed by atoms with Crippen LogP contribution in [-0.2, 0) is 6.42 Å². The van der Waals surface area contributed by atoms with Crippen LogP contribution < -0.4 is 5.32 Å². The second-order valence-electron chi connectivity index (χ2n) is 3.79. The lowest BCUT2D eigenvalue weighted by atomic mass is 10.0. The number of likely N-dealkylation sites (N-methyl/N-ethyl adjacent to an activating group) is 1. The minimum absolute atomic E-state index is 0.359. The van der Waals surface area contributed by atoms with Crippen molar-refractivity contribution in [2.45, 2.75) is 12.5 Å². The summed E-state index contributed by atoms with van der Waals surface area (Å²) in [6, 6.07) is 11.1. The first-order chi connectivity index (χ1) is 8.20. The van der Waals surface area contributed by atoms with Crippen molar-refractivity contribution in [2.24, 2.45) is 0 Å². The third-order valence-corrected chi connectivity index (χ3v) is 4.96. The third-order valence-electron chi connectivity index (χ3n) is 2.67. The molecular formula is C13H13BrINS. The van der Waals surface area contributed by atoms with Crippen molar-refractivity contribution in [2.75, 3.05) is 7.05 Å². The van der Waals surface area contributed by atoms with Crippen LogP contribution in [0.25, 0.3) is 0 Å². The monoisotopic (exact) mass is 421 g/mol. The van der Waals surface area contributed by atoms with Crippen molar-refractivity contribution in [3.8, 4) is 0 Å². The van der Waals surface area contributed by atoms with E-state index in [-0.39, 0.29) is 0 Å². The number of benzene rings is 1. The molecule has 0 bridgehead atoms. The predicted octanol–water partition coefficient (Wildman–Crippen LogP) is 4.62. The Kier molecular flexibility index (Phi) is 5.02. The normalized spacial score (nSPS) is 12.6. The van der Waals surface area contributed by atoms with E-state index in [9.17, 15) is 0 Å². The molecule has 0 aliphatic heterocycles. The SMILES string of the molecule is CNC(Cc1cccs1)c1cc(I)ccc1Br. The van der Waals surface area contributed by atoms with Crippen molar-refractivity contribution < 1.29 is 0 Å². The zero-order chi connectivity index (χ0) is 12.3. The van der Waals surface area contributed by atoms with Gasteiger partial charge in [-0.25, -0.2) is 0 Å². The first-order valence-corrected chi connectivity index (χ1v) is 8.10. The van der Waals surface area contributed by atoms with Crippen LogP contribution in [-0.4, -0.2) is 7.05 Å². The van der Waals surface area contributed by atoms with E-state index in [1.165, 1.54) is 18.5 Å². The van der Waals surface area contributed by atoms with Crippen molar-refractivity contribution in [3.63, 3.8) is 0 Å². The van der Waals surface area contributed by atoms with Gasteiger partial charge in [0.15, 0.2) is 0 Å². The molecule has 1 atom stereocenters. The highest BCUT2D eigenvalue weighted by atomic mass is 127. The highest BCUT2D eigenvalue weighted by Crippen LogP contribution is 2.28. The van der Waals surface area contributed by atoms with E-state index in [1.54, 1.807) is 0 Å². The molecule has 1 unspecified atom stereocenters. The minimum Gasteiger partial charge on any atom is -0.313 e. The van der Waals surface area contributed by atoms with Crippen LogP contribution in [0.4, 0.5) is 0 Å². The molecule has 17 heavy (non-hydrogen) atoms. The van der Waals surface area contributed by atoms with Crippen LogP contribution in [0, 0.1) is 3.57 Å². The van der Waals surface area contributed by atoms with Gasteiger partial charge in [-0.05, 0) is 64.8 Å². The Morgan fingerprint density at radius 3 is 2.88 bits per heavy atom.